The molecular weight excluding hydrogens is 422 g/mol. The first-order valence-corrected chi connectivity index (χ1v) is 9.31. The third kappa shape index (κ3) is 4.31. The van der Waals surface area contributed by atoms with Gasteiger partial charge in [0.1, 0.15) is 0 Å². The van der Waals surface area contributed by atoms with E-state index in [2.05, 4.69) is 56.2 Å². The summed E-state index contributed by atoms with van der Waals surface area (Å²) >= 11 is 15.2. The first kappa shape index (κ1) is 16.5. The lowest BCUT2D eigenvalue weighted by molar-refractivity contribution is 0.536. The maximum absolute atomic E-state index is 6.28. The van der Waals surface area contributed by atoms with Crippen LogP contribution < -0.4 is 5.32 Å². The first-order chi connectivity index (χ1) is 9.61. The molecule has 2 rings (SSSR count). The lowest BCUT2D eigenvalue weighted by Crippen LogP contribution is -2.23. The van der Waals surface area contributed by atoms with Crippen molar-refractivity contribution in [2.45, 2.75) is 25.8 Å². The summed E-state index contributed by atoms with van der Waals surface area (Å²) in [5.41, 5.74) is 1.18. The van der Waals surface area contributed by atoms with E-state index in [-0.39, 0.29) is 0 Å². The molecule has 108 valence electrons. The fourth-order valence-corrected chi connectivity index (χ4v) is 4.39. The zero-order valence-corrected chi connectivity index (χ0v) is 15.9. The predicted molar refractivity (Wildman–Crippen MR) is 95.9 cm³/mol. The molecule has 1 atom stereocenters. The minimum absolute atomic E-state index is 0.294. The fourth-order valence-electron chi connectivity index (χ4n) is 2.01. The zero-order chi connectivity index (χ0) is 14.5. The largest absolute Gasteiger partial charge is 0.309 e. The number of halogens is 3. The van der Waals surface area contributed by atoms with E-state index in [1.807, 2.05) is 18.2 Å². The van der Waals surface area contributed by atoms with Crippen molar-refractivity contribution in [3.05, 3.63) is 54.1 Å². The molecule has 1 nitrogen and oxygen atoms in total. The summed E-state index contributed by atoms with van der Waals surface area (Å²) in [5, 5.41) is 4.45. The van der Waals surface area contributed by atoms with Crippen molar-refractivity contribution in [3.8, 4) is 0 Å². The smallest absolute Gasteiger partial charge is 0.0843 e. The molecule has 5 heteroatoms. The van der Waals surface area contributed by atoms with E-state index in [1.54, 1.807) is 11.3 Å². The van der Waals surface area contributed by atoms with Crippen molar-refractivity contribution >= 4 is 54.8 Å². The average Bonchev–Trinajstić information content (AvgIpc) is 2.76. The van der Waals surface area contributed by atoms with E-state index in [4.69, 9.17) is 11.6 Å². The first-order valence-electron chi connectivity index (χ1n) is 6.53. The Kier molecular flexibility index (Phi) is 6.56. The molecule has 1 aromatic heterocycles. The van der Waals surface area contributed by atoms with Crippen molar-refractivity contribution in [2.75, 3.05) is 6.54 Å². The van der Waals surface area contributed by atoms with E-state index in [0.717, 1.165) is 32.7 Å². The summed E-state index contributed by atoms with van der Waals surface area (Å²) in [6, 6.07) is 10.5. The number of thiophene rings is 1. The topological polar surface area (TPSA) is 12.0 Å². The maximum Gasteiger partial charge on any atom is 0.0843 e. The van der Waals surface area contributed by atoms with Crippen molar-refractivity contribution < 1.29 is 0 Å². The van der Waals surface area contributed by atoms with Gasteiger partial charge in [-0.05, 0) is 68.9 Å². The van der Waals surface area contributed by atoms with Crippen LogP contribution in [0, 0.1) is 0 Å². The van der Waals surface area contributed by atoms with Crippen molar-refractivity contribution in [3.63, 3.8) is 0 Å². The summed E-state index contributed by atoms with van der Waals surface area (Å²) < 4.78 is 2.25. The quantitative estimate of drug-likeness (QED) is 0.566. The molecule has 0 bridgehead atoms. The highest BCUT2D eigenvalue weighted by atomic mass is 79.9. The van der Waals surface area contributed by atoms with Gasteiger partial charge in [-0.3, -0.25) is 0 Å². The Hall–Kier alpha value is 0.130. The second kappa shape index (κ2) is 7.95. The van der Waals surface area contributed by atoms with Crippen LogP contribution in [0.2, 0.25) is 5.02 Å². The third-order valence-corrected chi connectivity index (χ3v) is 6.77. The molecule has 1 N–H and O–H groups in total. The maximum atomic E-state index is 6.28. The standard InChI is InChI=1S/C15H16Br2ClNS/c1-2-7-19-13(14-9-11(16)15(17)20-14)8-10-5-3-4-6-12(10)18/h3-6,9,13,19H,2,7-8H2,1H3. The molecule has 0 saturated carbocycles. The summed E-state index contributed by atoms with van der Waals surface area (Å²) in [7, 11) is 0. The summed E-state index contributed by atoms with van der Waals surface area (Å²) in [4.78, 5) is 1.32. The van der Waals surface area contributed by atoms with Crippen LogP contribution >= 0.6 is 54.8 Å². The molecule has 0 aliphatic carbocycles. The van der Waals surface area contributed by atoms with Crippen LogP contribution in [0.25, 0.3) is 0 Å². The highest BCUT2D eigenvalue weighted by Crippen LogP contribution is 2.37. The Morgan fingerprint density at radius 3 is 2.65 bits per heavy atom. The lowest BCUT2D eigenvalue weighted by Gasteiger charge is -2.18. The van der Waals surface area contributed by atoms with Gasteiger partial charge in [-0.1, -0.05) is 36.7 Å². The third-order valence-electron chi connectivity index (χ3n) is 3.03. The summed E-state index contributed by atoms with van der Waals surface area (Å²) in [6.45, 7) is 3.18. The van der Waals surface area contributed by atoms with Crippen LogP contribution in [0.15, 0.2) is 38.6 Å². The molecule has 20 heavy (non-hydrogen) atoms. The average molecular weight is 438 g/mol. The van der Waals surface area contributed by atoms with Gasteiger partial charge in [0, 0.05) is 20.4 Å². The van der Waals surface area contributed by atoms with E-state index < -0.39 is 0 Å². The molecular formula is C15H16Br2ClNS. The van der Waals surface area contributed by atoms with Crippen LogP contribution in [-0.4, -0.2) is 6.54 Å². The monoisotopic (exact) mass is 435 g/mol. The van der Waals surface area contributed by atoms with Crippen LogP contribution in [0.5, 0.6) is 0 Å². The van der Waals surface area contributed by atoms with Crippen LogP contribution in [0.4, 0.5) is 0 Å². The van der Waals surface area contributed by atoms with Gasteiger partial charge in [0.25, 0.3) is 0 Å². The molecule has 0 fully saturated rings. The Morgan fingerprint density at radius 1 is 1.30 bits per heavy atom. The molecule has 2 aromatic rings. The van der Waals surface area contributed by atoms with Crippen molar-refractivity contribution in [1.29, 1.82) is 0 Å². The van der Waals surface area contributed by atoms with Gasteiger partial charge in [0.2, 0.25) is 0 Å². The fraction of sp³-hybridized carbons (Fsp3) is 0.333. The number of hydrogen-bond donors (Lipinski definition) is 1. The molecule has 0 spiro atoms. The lowest BCUT2D eigenvalue weighted by atomic mass is 10.0. The number of benzene rings is 1. The van der Waals surface area contributed by atoms with E-state index >= 15 is 0 Å². The van der Waals surface area contributed by atoms with Gasteiger partial charge in [-0.2, -0.15) is 0 Å². The van der Waals surface area contributed by atoms with Crippen molar-refractivity contribution in [1.82, 2.24) is 5.32 Å². The van der Waals surface area contributed by atoms with Gasteiger partial charge in [0.05, 0.1) is 3.79 Å². The molecule has 0 aliphatic heterocycles. The number of nitrogens with one attached hydrogen (secondary N) is 1. The van der Waals surface area contributed by atoms with Gasteiger partial charge in [0.15, 0.2) is 0 Å². The zero-order valence-electron chi connectivity index (χ0n) is 11.1. The highest BCUT2D eigenvalue weighted by Gasteiger charge is 2.17. The summed E-state index contributed by atoms with van der Waals surface area (Å²) in [6.07, 6.45) is 2.02. The van der Waals surface area contributed by atoms with Crippen LogP contribution in [-0.2, 0) is 6.42 Å². The molecule has 0 aliphatic rings. The number of rotatable bonds is 6. The SMILES string of the molecule is CCCNC(Cc1ccccc1Cl)c1cc(Br)c(Br)s1. The minimum Gasteiger partial charge on any atom is -0.309 e. The Bertz CT molecular complexity index is 551. The van der Waals surface area contributed by atoms with E-state index in [9.17, 15) is 0 Å². The van der Waals surface area contributed by atoms with Crippen molar-refractivity contribution in [2.24, 2.45) is 0 Å². The Labute approximate surface area is 146 Å². The van der Waals surface area contributed by atoms with Gasteiger partial charge >= 0.3 is 0 Å². The second-order valence-electron chi connectivity index (χ2n) is 4.57. The Morgan fingerprint density at radius 2 is 2.05 bits per heavy atom. The molecule has 1 unspecified atom stereocenters. The van der Waals surface area contributed by atoms with Crippen LogP contribution in [0.1, 0.15) is 29.8 Å². The second-order valence-corrected chi connectivity index (χ2v) is 8.24. The van der Waals surface area contributed by atoms with Gasteiger partial charge < -0.3 is 5.32 Å². The van der Waals surface area contributed by atoms with E-state index in [1.165, 1.54) is 10.4 Å². The van der Waals surface area contributed by atoms with Gasteiger partial charge in [-0.25, -0.2) is 0 Å². The highest BCUT2D eigenvalue weighted by molar-refractivity contribution is 9.13. The molecule has 1 heterocycles. The normalized spacial score (nSPS) is 12.6. The predicted octanol–water partition coefficient (Wildman–Crippen LogP) is 6.21. The van der Waals surface area contributed by atoms with Gasteiger partial charge in [-0.15, -0.1) is 11.3 Å². The van der Waals surface area contributed by atoms with Crippen LogP contribution in [0.3, 0.4) is 0 Å². The molecule has 1 aromatic carbocycles. The molecule has 0 saturated heterocycles. The number of hydrogen-bond acceptors (Lipinski definition) is 2. The minimum atomic E-state index is 0.294. The van der Waals surface area contributed by atoms with E-state index in [0.29, 0.717) is 6.04 Å². The Balaban J connectivity index is 2.21. The molecule has 0 amide bonds. The molecule has 0 radical (unpaired) electrons. The summed E-state index contributed by atoms with van der Waals surface area (Å²) in [5.74, 6) is 0.